The second-order valence-electron chi connectivity index (χ2n) is 6.10. The van der Waals surface area contributed by atoms with Gasteiger partial charge in [0.15, 0.2) is 0 Å². The minimum atomic E-state index is -0.807. The molecule has 0 bridgehead atoms. The zero-order chi connectivity index (χ0) is 19.6. The van der Waals surface area contributed by atoms with E-state index in [1.54, 1.807) is 6.92 Å². The topological polar surface area (TPSA) is 58.6 Å². The van der Waals surface area contributed by atoms with Crippen LogP contribution in [0.25, 0.3) is 0 Å². The van der Waals surface area contributed by atoms with E-state index in [-0.39, 0.29) is 36.7 Å². The highest BCUT2D eigenvalue weighted by molar-refractivity contribution is 6.03. The smallest absolute Gasteiger partial charge is 0.229 e. The van der Waals surface area contributed by atoms with Crippen LogP contribution in [-0.2, 0) is 9.59 Å². The van der Waals surface area contributed by atoms with E-state index < -0.39 is 35.2 Å². The first kappa shape index (κ1) is 18.8. The van der Waals surface area contributed by atoms with Crippen LogP contribution in [0.4, 0.5) is 24.5 Å². The number of halogens is 3. The largest absolute Gasteiger partial charge is 0.492 e. The fraction of sp³-hybridized carbons (Fsp3) is 0.263. The van der Waals surface area contributed by atoms with Gasteiger partial charge in [0.2, 0.25) is 11.8 Å². The van der Waals surface area contributed by atoms with Gasteiger partial charge in [0, 0.05) is 30.8 Å². The zero-order valence-corrected chi connectivity index (χ0v) is 14.5. The summed E-state index contributed by atoms with van der Waals surface area (Å²) in [5.41, 5.74) is 0.343. The van der Waals surface area contributed by atoms with Gasteiger partial charge in [-0.3, -0.25) is 9.59 Å². The quantitative estimate of drug-likeness (QED) is 0.867. The lowest BCUT2D eigenvalue weighted by atomic mass is 10.1. The first-order valence-corrected chi connectivity index (χ1v) is 8.37. The molecule has 1 unspecified atom stereocenters. The van der Waals surface area contributed by atoms with Gasteiger partial charge in [0.05, 0.1) is 18.2 Å². The first-order chi connectivity index (χ1) is 12.9. The Morgan fingerprint density at radius 3 is 2.52 bits per heavy atom. The van der Waals surface area contributed by atoms with Crippen LogP contribution in [0.1, 0.15) is 13.3 Å². The Labute approximate surface area is 153 Å². The van der Waals surface area contributed by atoms with Crippen molar-refractivity contribution < 1.29 is 27.5 Å². The van der Waals surface area contributed by atoms with Crippen molar-refractivity contribution in [3.05, 3.63) is 53.8 Å². The number of hydrogen-bond acceptors (Lipinski definition) is 3. The van der Waals surface area contributed by atoms with Gasteiger partial charge in [0.25, 0.3) is 0 Å². The third-order valence-electron chi connectivity index (χ3n) is 4.16. The molecule has 1 atom stereocenters. The molecule has 142 valence electrons. The molecule has 2 amide bonds. The molecule has 0 aromatic heterocycles. The molecule has 8 heteroatoms. The zero-order valence-electron chi connectivity index (χ0n) is 14.5. The molecule has 27 heavy (non-hydrogen) atoms. The summed E-state index contributed by atoms with van der Waals surface area (Å²) < 4.78 is 45.5. The molecule has 1 aliphatic heterocycles. The highest BCUT2D eigenvalue weighted by Gasteiger charge is 2.35. The summed E-state index contributed by atoms with van der Waals surface area (Å²) in [5, 5.41) is 2.62. The summed E-state index contributed by atoms with van der Waals surface area (Å²) in [7, 11) is 0. The molecule has 0 aliphatic carbocycles. The Morgan fingerprint density at radius 2 is 1.85 bits per heavy atom. The van der Waals surface area contributed by atoms with Crippen LogP contribution in [-0.4, -0.2) is 25.0 Å². The van der Waals surface area contributed by atoms with Crippen molar-refractivity contribution in [3.8, 4) is 5.75 Å². The van der Waals surface area contributed by atoms with Gasteiger partial charge in [-0.2, -0.15) is 0 Å². The Hall–Kier alpha value is -3.03. The lowest BCUT2D eigenvalue weighted by Gasteiger charge is -2.17. The van der Waals surface area contributed by atoms with Gasteiger partial charge in [-0.15, -0.1) is 0 Å². The highest BCUT2D eigenvalue weighted by atomic mass is 19.1. The third kappa shape index (κ3) is 4.21. The molecular formula is C19H17F3N2O3. The summed E-state index contributed by atoms with van der Waals surface area (Å²) in [6, 6.07) is 6.48. The number of nitrogens with zero attached hydrogens (tertiary/aromatic N) is 1. The monoisotopic (exact) mass is 378 g/mol. The Bertz CT molecular complexity index is 868. The van der Waals surface area contributed by atoms with Crippen molar-refractivity contribution in [3.63, 3.8) is 0 Å². The van der Waals surface area contributed by atoms with Crippen LogP contribution in [0.2, 0.25) is 0 Å². The molecule has 0 radical (unpaired) electrons. The van der Waals surface area contributed by atoms with Gasteiger partial charge in [0.1, 0.15) is 23.2 Å². The molecular weight excluding hydrogens is 361 g/mol. The van der Waals surface area contributed by atoms with E-state index in [1.807, 2.05) is 0 Å². The molecule has 1 heterocycles. The molecule has 5 nitrogen and oxygen atoms in total. The molecule has 0 saturated carbocycles. The predicted octanol–water partition coefficient (Wildman–Crippen LogP) is 3.49. The number of carbonyl (C=O) groups excluding carboxylic acids is 2. The van der Waals surface area contributed by atoms with Gasteiger partial charge in [-0.1, -0.05) is 0 Å². The van der Waals surface area contributed by atoms with Crippen LogP contribution in [0.5, 0.6) is 5.75 Å². The van der Waals surface area contributed by atoms with Gasteiger partial charge in [-0.05, 0) is 31.2 Å². The molecule has 1 fully saturated rings. The van der Waals surface area contributed by atoms with E-state index in [0.29, 0.717) is 6.07 Å². The van der Waals surface area contributed by atoms with Crippen molar-refractivity contribution in [2.24, 2.45) is 5.92 Å². The molecule has 2 aromatic carbocycles. The van der Waals surface area contributed by atoms with Crippen molar-refractivity contribution in [1.29, 1.82) is 0 Å². The van der Waals surface area contributed by atoms with E-state index >= 15 is 0 Å². The molecule has 1 N–H and O–H groups in total. The Kier molecular flexibility index (Phi) is 5.34. The maximum Gasteiger partial charge on any atom is 0.229 e. The number of anilines is 2. The van der Waals surface area contributed by atoms with Gasteiger partial charge < -0.3 is 15.0 Å². The van der Waals surface area contributed by atoms with Crippen LogP contribution in [0, 0.1) is 23.4 Å². The number of benzene rings is 2. The van der Waals surface area contributed by atoms with Crippen LogP contribution >= 0.6 is 0 Å². The number of rotatable bonds is 5. The Balaban J connectivity index is 1.74. The van der Waals surface area contributed by atoms with Crippen LogP contribution in [0.15, 0.2) is 36.4 Å². The average Bonchev–Trinajstić information content (AvgIpc) is 2.98. The van der Waals surface area contributed by atoms with Crippen molar-refractivity contribution in [1.82, 2.24) is 0 Å². The second-order valence-corrected chi connectivity index (χ2v) is 6.10. The summed E-state index contributed by atoms with van der Waals surface area (Å²) in [6.45, 7) is 1.99. The van der Waals surface area contributed by atoms with Crippen LogP contribution in [0.3, 0.4) is 0 Å². The van der Waals surface area contributed by atoms with Crippen molar-refractivity contribution in [2.75, 3.05) is 23.4 Å². The number of nitrogens with one attached hydrogen (secondary N) is 1. The Morgan fingerprint density at radius 1 is 1.15 bits per heavy atom. The number of ether oxygens (including phenoxy) is 1. The molecule has 1 saturated heterocycles. The predicted molar refractivity (Wildman–Crippen MR) is 93.0 cm³/mol. The summed E-state index contributed by atoms with van der Waals surface area (Å²) >= 11 is 0. The standard InChI is InChI=1S/C19H17F3N2O3/c1-2-27-17-9-12(20)3-4-16(17)23-19(26)11-5-18(25)24(10-11)15-7-13(21)6-14(22)8-15/h3-4,6-9,11H,2,5,10H2,1H3,(H,23,26). The summed E-state index contributed by atoms with van der Waals surface area (Å²) in [5.74, 6) is -3.54. The second kappa shape index (κ2) is 7.69. The van der Waals surface area contributed by atoms with Crippen LogP contribution < -0.4 is 15.0 Å². The van der Waals surface area contributed by atoms with Crippen molar-refractivity contribution >= 4 is 23.2 Å². The average molecular weight is 378 g/mol. The minimum absolute atomic E-state index is 0.0152. The van der Waals surface area contributed by atoms with E-state index in [1.165, 1.54) is 17.0 Å². The van der Waals surface area contributed by atoms with E-state index in [0.717, 1.165) is 18.2 Å². The third-order valence-corrected chi connectivity index (χ3v) is 4.16. The number of carbonyl (C=O) groups is 2. The normalized spacial score (nSPS) is 16.5. The molecule has 1 aliphatic rings. The van der Waals surface area contributed by atoms with E-state index in [2.05, 4.69) is 5.32 Å². The lowest BCUT2D eigenvalue weighted by molar-refractivity contribution is -0.122. The highest BCUT2D eigenvalue weighted by Crippen LogP contribution is 2.30. The first-order valence-electron chi connectivity index (χ1n) is 8.37. The van der Waals surface area contributed by atoms with Gasteiger partial charge in [-0.25, -0.2) is 13.2 Å². The lowest BCUT2D eigenvalue weighted by Crippen LogP contribution is -2.28. The fourth-order valence-electron chi connectivity index (χ4n) is 2.94. The maximum absolute atomic E-state index is 13.4. The summed E-state index contributed by atoms with van der Waals surface area (Å²) in [6.07, 6.45) is -0.102. The fourth-order valence-corrected chi connectivity index (χ4v) is 2.94. The molecule has 0 spiro atoms. The van der Waals surface area contributed by atoms with Crippen molar-refractivity contribution in [2.45, 2.75) is 13.3 Å². The minimum Gasteiger partial charge on any atom is -0.492 e. The number of amides is 2. The van der Waals surface area contributed by atoms with E-state index in [4.69, 9.17) is 4.74 Å². The number of hydrogen-bond donors (Lipinski definition) is 1. The maximum atomic E-state index is 13.4. The van der Waals surface area contributed by atoms with E-state index in [9.17, 15) is 22.8 Å². The van der Waals surface area contributed by atoms with Gasteiger partial charge >= 0.3 is 0 Å². The molecule has 2 aromatic rings. The molecule has 3 rings (SSSR count). The summed E-state index contributed by atoms with van der Waals surface area (Å²) in [4.78, 5) is 25.9. The SMILES string of the molecule is CCOc1cc(F)ccc1NC(=O)C1CC(=O)N(c2cc(F)cc(F)c2)C1.